The molecule has 0 saturated heterocycles. The van der Waals surface area contributed by atoms with Gasteiger partial charge in [-0.3, -0.25) is 9.59 Å². The second-order valence-corrected chi connectivity index (χ2v) is 7.30. The number of aldehydes is 1. The smallest absolute Gasteiger partial charge is 0.328 e. The van der Waals surface area contributed by atoms with Gasteiger partial charge in [-0.15, -0.1) is 0 Å². The largest absolute Gasteiger partial charge is 0.462 e. The summed E-state index contributed by atoms with van der Waals surface area (Å²) < 4.78 is 5.58. The molecule has 1 aliphatic rings. The first-order chi connectivity index (χ1) is 13.5. The molecule has 0 amide bonds. The number of hydrogen-bond donors (Lipinski definition) is 0. The van der Waals surface area contributed by atoms with Gasteiger partial charge in [-0.25, -0.2) is 0 Å². The van der Waals surface area contributed by atoms with Gasteiger partial charge in [0.1, 0.15) is 6.29 Å². The summed E-state index contributed by atoms with van der Waals surface area (Å²) in [5, 5.41) is 10.4. The Morgan fingerprint density at radius 1 is 1.11 bits per heavy atom. The number of allylic oxidation sites excluding steroid dienone is 2. The fourth-order valence-corrected chi connectivity index (χ4v) is 4.08. The van der Waals surface area contributed by atoms with Crippen LogP contribution in [0, 0.1) is 16.7 Å². The summed E-state index contributed by atoms with van der Waals surface area (Å²) >= 11 is 0. The molecule has 4 nitrogen and oxygen atoms in total. The molecule has 1 aliphatic carbocycles. The van der Waals surface area contributed by atoms with Crippen molar-refractivity contribution in [3.63, 3.8) is 0 Å². The van der Waals surface area contributed by atoms with E-state index in [2.05, 4.69) is 6.07 Å². The summed E-state index contributed by atoms with van der Waals surface area (Å²) in [6.07, 6.45) is 2.66. The molecule has 142 valence electrons. The van der Waals surface area contributed by atoms with E-state index >= 15 is 0 Å². The number of benzene rings is 2. The highest BCUT2D eigenvalue weighted by Gasteiger charge is 2.57. The van der Waals surface area contributed by atoms with E-state index in [1.54, 1.807) is 13.8 Å². The van der Waals surface area contributed by atoms with Crippen LogP contribution in [0.25, 0.3) is 0 Å². The zero-order valence-corrected chi connectivity index (χ0v) is 16.0. The monoisotopic (exact) mass is 373 g/mol. The molecule has 0 saturated carbocycles. The third-order valence-electron chi connectivity index (χ3n) is 5.26. The van der Waals surface area contributed by atoms with Gasteiger partial charge in [0.25, 0.3) is 0 Å². The molecule has 0 bridgehead atoms. The van der Waals surface area contributed by atoms with Gasteiger partial charge in [0.2, 0.25) is 0 Å². The third-order valence-corrected chi connectivity index (χ3v) is 5.26. The Balaban J connectivity index is 2.27. The third kappa shape index (κ3) is 3.36. The van der Waals surface area contributed by atoms with Crippen molar-refractivity contribution in [3.8, 4) is 6.07 Å². The fraction of sp³-hybridized carbons (Fsp3) is 0.292. The summed E-state index contributed by atoms with van der Waals surface area (Å²) in [6.45, 7) is 3.52. The summed E-state index contributed by atoms with van der Waals surface area (Å²) in [5.41, 5.74) is 0.550. The van der Waals surface area contributed by atoms with E-state index in [0.29, 0.717) is 12.0 Å². The topological polar surface area (TPSA) is 67.2 Å². The first kappa shape index (κ1) is 19.6. The zero-order valence-electron chi connectivity index (χ0n) is 16.0. The zero-order chi connectivity index (χ0) is 20.1. The molecule has 0 fully saturated rings. The van der Waals surface area contributed by atoms with Gasteiger partial charge in [-0.05, 0) is 37.0 Å². The Labute approximate surface area is 165 Å². The van der Waals surface area contributed by atoms with Crippen LogP contribution >= 0.6 is 0 Å². The molecular formula is C24H23NO3. The molecule has 0 heterocycles. The lowest BCUT2D eigenvalue weighted by atomic mass is 9.57. The molecular weight excluding hydrogens is 350 g/mol. The predicted molar refractivity (Wildman–Crippen MR) is 106 cm³/mol. The van der Waals surface area contributed by atoms with Crippen molar-refractivity contribution in [2.45, 2.75) is 38.2 Å². The number of rotatable bonds is 5. The minimum Gasteiger partial charge on any atom is -0.462 e. The second kappa shape index (κ2) is 8.22. The van der Waals surface area contributed by atoms with Crippen molar-refractivity contribution in [2.24, 2.45) is 5.41 Å². The molecule has 0 radical (unpaired) electrons. The molecule has 3 rings (SSSR count). The number of hydrogen-bond acceptors (Lipinski definition) is 4. The van der Waals surface area contributed by atoms with Crippen molar-refractivity contribution in [1.82, 2.24) is 0 Å². The van der Waals surface area contributed by atoms with Gasteiger partial charge in [-0.1, -0.05) is 66.7 Å². The summed E-state index contributed by atoms with van der Waals surface area (Å²) in [5.74, 6) is -1.69. The van der Waals surface area contributed by atoms with Crippen molar-refractivity contribution >= 4 is 12.3 Å². The van der Waals surface area contributed by atoms with E-state index in [4.69, 9.17) is 4.74 Å². The van der Waals surface area contributed by atoms with Gasteiger partial charge >= 0.3 is 5.97 Å². The van der Waals surface area contributed by atoms with Crippen LogP contribution in [0.2, 0.25) is 0 Å². The van der Waals surface area contributed by atoms with Crippen LogP contribution in [0.15, 0.2) is 72.3 Å². The number of esters is 1. The Hall–Kier alpha value is -3.19. The molecule has 3 atom stereocenters. The lowest BCUT2D eigenvalue weighted by Gasteiger charge is -2.42. The molecule has 0 unspecified atom stereocenters. The highest BCUT2D eigenvalue weighted by atomic mass is 16.5. The number of nitrogens with zero attached hydrogens (tertiary/aromatic N) is 1. The lowest BCUT2D eigenvalue weighted by Crippen LogP contribution is -2.46. The molecule has 0 spiro atoms. The Morgan fingerprint density at radius 2 is 1.68 bits per heavy atom. The maximum Gasteiger partial charge on any atom is 0.328 e. The quantitative estimate of drug-likeness (QED) is 0.570. The minimum atomic E-state index is -1.53. The van der Waals surface area contributed by atoms with Crippen LogP contribution in [0.3, 0.4) is 0 Å². The fourth-order valence-electron chi connectivity index (χ4n) is 4.08. The van der Waals surface area contributed by atoms with Crippen molar-refractivity contribution in [2.75, 3.05) is 0 Å². The van der Waals surface area contributed by atoms with Gasteiger partial charge in [0.15, 0.2) is 5.41 Å². The average molecular weight is 373 g/mol. The first-order valence-corrected chi connectivity index (χ1v) is 9.42. The molecule has 0 aromatic heterocycles. The van der Waals surface area contributed by atoms with E-state index in [1.807, 2.05) is 66.7 Å². The SMILES string of the molecule is CC(C)OC(=O)[C@]1(C#N)[C@H](c2ccccc2)CC=C(C=O)[C@H]1c1ccccc1. The van der Waals surface area contributed by atoms with Crippen LogP contribution in [-0.4, -0.2) is 18.4 Å². The standard InChI is InChI=1S/C24H23NO3/c1-17(2)28-23(27)24(16-25)21(18-9-5-3-6-10-18)14-13-20(15-26)22(24)19-11-7-4-8-12-19/h3-13,15,17,21-22H,14H2,1-2H3/t21-,22+,24+/m0/s1. The highest BCUT2D eigenvalue weighted by Crippen LogP contribution is 2.55. The van der Waals surface area contributed by atoms with Gasteiger partial charge in [0.05, 0.1) is 12.2 Å². The number of ether oxygens (including phenoxy) is 1. The van der Waals surface area contributed by atoms with E-state index < -0.39 is 23.2 Å². The minimum absolute atomic E-state index is 0.365. The van der Waals surface area contributed by atoms with Gasteiger partial charge in [-0.2, -0.15) is 5.26 Å². The van der Waals surface area contributed by atoms with E-state index in [9.17, 15) is 14.9 Å². The summed E-state index contributed by atoms with van der Waals surface area (Å²) in [4.78, 5) is 25.3. The molecule has 2 aromatic carbocycles. The van der Waals surface area contributed by atoms with E-state index in [-0.39, 0.29) is 6.10 Å². The number of carbonyl (C=O) groups is 2. The van der Waals surface area contributed by atoms with Crippen LogP contribution in [0.1, 0.15) is 43.2 Å². The number of nitriles is 1. The molecule has 28 heavy (non-hydrogen) atoms. The molecule has 2 aromatic rings. The first-order valence-electron chi connectivity index (χ1n) is 9.42. The van der Waals surface area contributed by atoms with Crippen molar-refractivity contribution in [3.05, 3.63) is 83.4 Å². The van der Waals surface area contributed by atoms with Crippen LogP contribution in [0.5, 0.6) is 0 Å². The summed E-state index contributed by atoms with van der Waals surface area (Å²) in [7, 11) is 0. The van der Waals surface area contributed by atoms with Crippen LogP contribution in [0.4, 0.5) is 0 Å². The van der Waals surface area contributed by atoms with Gasteiger partial charge < -0.3 is 4.74 Å². The molecule has 0 N–H and O–H groups in total. The normalized spacial score (nSPS) is 24.1. The molecule has 0 aliphatic heterocycles. The Kier molecular flexibility index (Phi) is 5.75. The highest BCUT2D eigenvalue weighted by molar-refractivity contribution is 5.89. The number of carbonyl (C=O) groups excluding carboxylic acids is 2. The van der Waals surface area contributed by atoms with E-state index in [0.717, 1.165) is 17.4 Å². The maximum absolute atomic E-state index is 13.4. The van der Waals surface area contributed by atoms with Gasteiger partial charge in [0, 0.05) is 11.8 Å². The van der Waals surface area contributed by atoms with E-state index in [1.165, 1.54) is 0 Å². The van der Waals surface area contributed by atoms with Crippen molar-refractivity contribution < 1.29 is 14.3 Å². The predicted octanol–water partition coefficient (Wildman–Crippen LogP) is 4.54. The second-order valence-electron chi connectivity index (χ2n) is 7.30. The average Bonchev–Trinajstić information content (AvgIpc) is 2.73. The van der Waals surface area contributed by atoms with Crippen LogP contribution < -0.4 is 0 Å². The lowest BCUT2D eigenvalue weighted by molar-refractivity contribution is -0.159. The molecule has 4 heteroatoms. The maximum atomic E-state index is 13.4. The Morgan fingerprint density at radius 3 is 2.18 bits per heavy atom. The summed E-state index contributed by atoms with van der Waals surface area (Å²) in [6, 6.07) is 21.1. The Bertz CT molecular complexity index is 912. The van der Waals surface area contributed by atoms with Crippen molar-refractivity contribution in [1.29, 1.82) is 5.26 Å². The van der Waals surface area contributed by atoms with Crippen LogP contribution in [-0.2, 0) is 14.3 Å².